The van der Waals surface area contributed by atoms with Crippen molar-refractivity contribution in [3.05, 3.63) is 18.1 Å². The number of hydrogen-bond donors (Lipinski definition) is 1. The van der Waals surface area contributed by atoms with E-state index in [0.717, 1.165) is 6.07 Å². The number of aromatic nitrogens is 2. The highest BCUT2D eigenvalue weighted by Gasteiger charge is 2.11. The molecule has 0 fully saturated rings. The topological polar surface area (TPSA) is 37.8 Å². The van der Waals surface area contributed by atoms with E-state index in [9.17, 15) is 8.78 Å². The Morgan fingerprint density at radius 1 is 1.29 bits per heavy atom. The number of anilines is 1. The van der Waals surface area contributed by atoms with Gasteiger partial charge in [-0.15, -0.1) is 0 Å². The van der Waals surface area contributed by atoms with Gasteiger partial charge in [0.2, 0.25) is 5.95 Å². The fourth-order valence-corrected chi connectivity index (χ4v) is 0.836. The molecule has 0 saturated heterocycles. The Bertz CT molecular complexity index is 300. The second-order valence-corrected chi connectivity index (χ2v) is 4.26. The molecule has 1 heterocycles. The molecule has 0 aliphatic carbocycles. The molecule has 0 aliphatic heterocycles. The van der Waals surface area contributed by atoms with Gasteiger partial charge in [-0.05, 0) is 5.41 Å². The van der Waals surface area contributed by atoms with Crippen molar-refractivity contribution in [1.82, 2.24) is 9.97 Å². The van der Waals surface area contributed by atoms with E-state index in [2.05, 4.69) is 15.3 Å². The van der Waals surface area contributed by atoms with E-state index in [-0.39, 0.29) is 11.2 Å². The first kappa shape index (κ1) is 10.8. The largest absolute Gasteiger partial charge is 0.369 e. The minimum Gasteiger partial charge on any atom is -0.369 e. The summed E-state index contributed by atoms with van der Waals surface area (Å²) in [5.41, 5.74) is 0.0257. The minimum absolute atomic E-state index is 0.0257. The molecule has 0 saturated carbocycles. The first-order valence-corrected chi connectivity index (χ1v) is 4.31. The average Bonchev–Trinajstić information content (AvgIpc) is 1.97. The lowest BCUT2D eigenvalue weighted by molar-refractivity contribution is 0.439. The molecule has 0 atom stereocenters. The molecule has 0 aromatic carbocycles. The van der Waals surface area contributed by atoms with Gasteiger partial charge in [0.05, 0.1) is 0 Å². The second-order valence-electron chi connectivity index (χ2n) is 4.26. The number of nitrogens with one attached hydrogen (secondary N) is 1. The molecule has 0 bridgehead atoms. The Hall–Kier alpha value is -1.26. The van der Waals surface area contributed by atoms with E-state index in [1.54, 1.807) is 0 Å². The summed E-state index contributed by atoms with van der Waals surface area (Å²) >= 11 is 0. The quantitative estimate of drug-likeness (QED) is 0.589. The van der Waals surface area contributed by atoms with E-state index in [4.69, 9.17) is 0 Å². The molecule has 1 aromatic heterocycles. The van der Waals surface area contributed by atoms with Gasteiger partial charge in [0.15, 0.2) is 0 Å². The first-order valence-electron chi connectivity index (χ1n) is 4.31. The molecule has 78 valence electrons. The summed E-state index contributed by atoms with van der Waals surface area (Å²) in [5.74, 6) is -0.696. The molecule has 0 spiro atoms. The summed E-state index contributed by atoms with van der Waals surface area (Å²) in [7, 11) is 0. The lowest BCUT2D eigenvalue weighted by Crippen LogP contribution is -2.20. The third-order valence-electron chi connectivity index (χ3n) is 1.47. The smallest absolute Gasteiger partial charge is 0.313 e. The summed E-state index contributed by atoms with van der Waals surface area (Å²) in [4.78, 5) is 6.30. The van der Waals surface area contributed by atoms with Gasteiger partial charge in [0.25, 0.3) is 0 Å². The van der Waals surface area contributed by atoms with Gasteiger partial charge in [-0.25, -0.2) is 0 Å². The Morgan fingerprint density at radius 2 is 1.93 bits per heavy atom. The molecular formula is C9H13F2N3. The van der Waals surface area contributed by atoms with Crippen LogP contribution in [-0.4, -0.2) is 16.5 Å². The van der Waals surface area contributed by atoms with E-state index >= 15 is 0 Å². The first-order chi connectivity index (χ1) is 6.37. The van der Waals surface area contributed by atoms with Gasteiger partial charge in [0, 0.05) is 12.6 Å². The Kier molecular flexibility index (Phi) is 2.98. The molecule has 14 heavy (non-hydrogen) atoms. The fourth-order valence-electron chi connectivity index (χ4n) is 0.836. The van der Waals surface area contributed by atoms with Crippen LogP contribution in [0.25, 0.3) is 0 Å². The summed E-state index contributed by atoms with van der Waals surface area (Å²) in [6.45, 7) is 6.61. The van der Waals surface area contributed by atoms with E-state index in [1.807, 2.05) is 20.8 Å². The number of rotatable bonds is 2. The molecular weight excluding hydrogens is 188 g/mol. The molecule has 1 rings (SSSR count). The van der Waals surface area contributed by atoms with E-state index in [1.165, 1.54) is 0 Å². The van der Waals surface area contributed by atoms with Crippen LogP contribution in [0.1, 0.15) is 20.8 Å². The normalized spacial score (nSPS) is 11.5. The van der Waals surface area contributed by atoms with Crippen LogP contribution >= 0.6 is 0 Å². The summed E-state index contributed by atoms with van der Waals surface area (Å²) in [6, 6.07) is 1.06. The third kappa shape index (κ3) is 3.64. The highest BCUT2D eigenvalue weighted by Crippen LogP contribution is 2.14. The molecule has 0 unspecified atom stereocenters. The van der Waals surface area contributed by atoms with Crippen molar-refractivity contribution in [1.29, 1.82) is 0 Å². The molecule has 5 heteroatoms. The van der Waals surface area contributed by atoms with Crippen LogP contribution in [-0.2, 0) is 0 Å². The van der Waals surface area contributed by atoms with Gasteiger partial charge in [0.1, 0.15) is 5.82 Å². The number of halogens is 2. The maximum Gasteiger partial charge on any atom is 0.313 e. The predicted molar refractivity (Wildman–Crippen MR) is 49.9 cm³/mol. The monoisotopic (exact) mass is 201 g/mol. The summed E-state index contributed by atoms with van der Waals surface area (Å²) in [6.07, 6.45) is -1.05. The zero-order chi connectivity index (χ0) is 10.8. The maximum atomic E-state index is 12.6. The molecule has 1 aromatic rings. The number of hydrogen-bond acceptors (Lipinski definition) is 3. The Morgan fingerprint density at radius 3 is 2.43 bits per heavy atom. The van der Waals surface area contributed by atoms with Crippen molar-refractivity contribution in [2.24, 2.45) is 5.41 Å². The van der Waals surface area contributed by atoms with Crippen molar-refractivity contribution >= 4 is 5.82 Å². The molecule has 0 amide bonds. The second kappa shape index (κ2) is 3.86. The van der Waals surface area contributed by atoms with Crippen LogP contribution in [0.4, 0.5) is 14.6 Å². The minimum atomic E-state index is -1.05. The highest BCUT2D eigenvalue weighted by atomic mass is 19.1. The van der Waals surface area contributed by atoms with E-state index in [0.29, 0.717) is 6.54 Å². The van der Waals surface area contributed by atoms with E-state index < -0.39 is 12.0 Å². The Balaban J connectivity index is 2.68. The lowest BCUT2D eigenvalue weighted by Gasteiger charge is -2.18. The number of nitrogens with zero attached hydrogens (tertiary/aromatic N) is 2. The summed E-state index contributed by atoms with van der Waals surface area (Å²) in [5, 5.41) is 2.84. The van der Waals surface area contributed by atoms with Gasteiger partial charge in [-0.1, -0.05) is 20.8 Å². The zero-order valence-electron chi connectivity index (χ0n) is 8.43. The molecule has 0 aliphatic rings. The lowest BCUT2D eigenvalue weighted by atomic mass is 9.97. The van der Waals surface area contributed by atoms with Crippen LogP contribution in [0.2, 0.25) is 0 Å². The van der Waals surface area contributed by atoms with Gasteiger partial charge in [-0.3, -0.25) is 0 Å². The Labute approximate surface area is 81.6 Å². The standard InChI is InChI=1S/C9H13F2N3/c1-9(2,3)5-12-7-4-6(10)13-8(11)14-7/h4H,5H2,1-3H3,(H,12,13,14). The van der Waals surface area contributed by atoms with Crippen LogP contribution in [0, 0.1) is 17.4 Å². The third-order valence-corrected chi connectivity index (χ3v) is 1.47. The van der Waals surface area contributed by atoms with Crippen molar-refractivity contribution in [2.45, 2.75) is 20.8 Å². The van der Waals surface area contributed by atoms with Crippen LogP contribution in [0.5, 0.6) is 0 Å². The van der Waals surface area contributed by atoms with Crippen LogP contribution < -0.4 is 5.32 Å². The van der Waals surface area contributed by atoms with Gasteiger partial charge >= 0.3 is 6.08 Å². The maximum absolute atomic E-state index is 12.6. The molecule has 1 N–H and O–H groups in total. The van der Waals surface area contributed by atoms with Crippen molar-refractivity contribution in [2.75, 3.05) is 11.9 Å². The van der Waals surface area contributed by atoms with Gasteiger partial charge in [-0.2, -0.15) is 18.7 Å². The molecule has 3 nitrogen and oxygen atoms in total. The van der Waals surface area contributed by atoms with Crippen molar-refractivity contribution in [3.63, 3.8) is 0 Å². The van der Waals surface area contributed by atoms with Crippen molar-refractivity contribution < 1.29 is 8.78 Å². The zero-order valence-corrected chi connectivity index (χ0v) is 8.43. The predicted octanol–water partition coefficient (Wildman–Crippen LogP) is 2.21. The van der Waals surface area contributed by atoms with Gasteiger partial charge < -0.3 is 5.32 Å². The van der Waals surface area contributed by atoms with Crippen molar-refractivity contribution in [3.8, 4) is 0 Å². The molecule has 0 radical (unpaired) electrons. The fraction of sp³-hybridized carbons (Fsp3) is 0.556. The van der Waals surface area contributed by atoms with Crippen LogP contribution in [0.3, 0.4) is 0 Å². The highest BCUT2D eigenvalue weighted by molar-refractivity contribution is 5.32. The average molecular weight is 201 g/mol. The summed E-state index contributed by atoms with van der Waals surface area (Å²) < 4.78 is 25.2. The SMILES string of the molecule is CC(C)(C)CNc1cc(F)nc(F)n1. The van der Waals surface area contributed by atoms with Crippen LogP contribution in [0.15, 0.2) is 6.07 Å².